The van der Waals surface area contributed by atoms with Crippen LogP contribution < -0.4 is 0 Å². The molecule has 0 bridgehead atoms. The van der Waals surface area contributed by atoms with Gasteiger partial charge >= 0.3 is 0 Å². The number of likely N-dealkylation sites (tertiary alicyclic amines) is 1. The summed E-state index contributed by atoms with van der Waals surface area (Å²) >= 11 is 0. The number of hydrogen-bond donors (Lipinski definition) is 1. The van der Waals surface area contributed by atoms with Crippen molar-refractivity contribution in [3.63, 3.8) is 0 Å². The van der Waals surface area contributed by atoms with E-state index in [1.54, 1.807) is 0 Å². The second-order valence-corrected chi connectivity index (χ2v) is 6.65. The van der Waals surface area contributed by atoms with Gasteiger partial charge in [0, 0.05) is 18.6 Å². The van der Waals surface area contributed by atoms with Crippen molar-refractivity contribution in [1.82, 2.24) is 19.7 Å². The smallest absolute Gasteiger partial charge is 0.147 e. The SMILES string of the molecule is Cc1nnc(CN2CC(O)CC2c2ccc(F)cc2)n1C1CC1.I. The third-order valence-corrected chi connectivity index (χ3v) is 4.83. The highest BCUT2D eigenvalue weighted by Gasteiger charge is 2.35. The molecule has 1 N–H and O–H groups in total. The quantitative estimate of drug-likeness (QED) is 0.737. The normalized spacial score (nSPS) is 24.1. The highest BCUT2D eigenvalue weighted by molar-refractivity contribution is 14.0. The Balaban J connectivity index is 0.00000169. The molecule has 1 saturated carbocycles. The number of aromatic nitrogens is 3. The topological polar surface area (TPSA) is 54.2 Å². The molecular formula is C17H22FIN4O. The summed E-state index contributed by atoms with van der Waals surface area (Å²) in [5, 5.41) is 18.7. The minimum absolute atomic E-state index is 0. The van der Waals surface area contributed by atoms with Crippen molar-refractivity contribution >= 4 is 24.0 Å². The largest absolute Gasteiger partial charge is 0.392 e. The summed E-state index contributed by atoms with van der Waals surface area (Å²) in [5.74, 6) is 1.69. The van der Waals surface area contributed by atoms with Crippen molar-refractivity contribution in [3.05, 3.63) is 47.3 Å². The first kappa shape index (κ1) is 17.8. The van der Waals surface area contributed by atoms with Crippen molar-refractivity contribution in [2.75, 3.05) is 6.54 Å². The second kappa shape index (κ2) is 7.05. The van der Waals surface area contributed by atoms with Crippen LogP contribution >= 0.6 is 24.0 Å². The molecule has 1 aliphatic carbocycles. The van der Waals surface area contributed by atoms with Crippen LogP contribution in [0.4, 0.5) is 4.39 Å². The van der Waals surface area contributed by atoms with Crippen LogP contribution in [0.5, 0.6) is 0 Å². The van der Waals surface area contributed by atoms with E-state index >= 15 is 0 Å². The van der Waals surface area contributed by atoms with Gasteiger partial charge in [-0.2, -0.15) is 0 Å². The van der Waals surface area contributed by atoms with Gasteiger partial charge in [0.2, 0.25) is 0 Å². The van der Waals surface area contributed by atoms with Crippen LogP contribution in [0.1, 0.15) is 48.6 Å². The molecule has 1 aromatic heterocycles. The maximum absolute atomic E-state index is 13.2. The summed E-state index contributed by atoms with van der Waals surface area (Å²) in [6, 6.07) is 7.21. The van der Waals surface area contributed by atoms with Gasteiger partial charge in [-0.05, 0) is 43.9 Å². The number of β-amino-alcohol motifs (C(OH)–C–C–N with tert-alkyl or cyclic N) is 1. The molecule has 1 saturated heterocycles. The van der Waals surface area contributed by atoms with E-state index in [1.807, 2.05) is 19.1 Å². The molecule has 2 fully saturated rings. The Morgan fingerprint density at radius 1 is 1.21 bits per heavy atom. The van der Waals surface area contributed by atoms with Gasteiger partial charge in [-0.15, -0.1) is 34.2 Å². The Labute approximate surface area is 157 Å². The van der Waals surface area contributed by atoms with Crippen molar-refractivity contribution in [2.24, 2.45) is 0 Å². The van der Waals surface area contributed by atoms with E-state index in [2.05, 4.69) is 19.7 Å². The molecule has 2 heterocycles. The number of aliphatic hydroxyl groups excluding tert-OH is 1. The number of rotatable bonds is 4. The van der Waals surface area contributed by atoms with Gasteiger partial charge in [0.1, 0.15) is 17.5 Å². The molecule has 2 atom stereocenters. The predicted octanol–water partition coefficient (Wildman–Crippen LogP) is 2.99. The summed E-state index contributed by atoms with van der Waals surface area (Å²) in [6.07, 6.45) is 2.69. The zero-order valence-electron chi connectivity index (χ0n) is 13.6. The van der Waals surface area contributed by atoms with Crippen LogP contribution in [-0.2, 0) is 6.54 Å². The van der Waals surface area contributed by atoms with Gasteiger partial charge in [-0.25, -0.2) is 4.39 Å². The van der Waals surface area contributed by atoms with E-state index in [4.69, 9.17) is 0 Å². The molecule has 0 spiro atoms. The first-order chi connectivity index (χ1) is 11.1. The summed E-state index contributed by atoms with van der Waals surface area (Å²) in [4.78, 5) is 2.22. The molecule has 7 heteroatoms. The van der Waals surface area contributed by atoms with Crippen LogP contribution in [0.15, 0.2) is 24.3 Å². The standard InChI is InChI=1S/C17H21FN4O.HI/c1-11-19-20-17(22(11)14-6-7-14)10-21-9-15(23)8-16(21)12-2-4-13(18)5-3-12;/h2-5,14-16,23H,6-10H2,1H3;1H. The number of halogens is 2. The fourth-order valence-corrected chi connectivity index (χ4v) is 3.60. The average molecular weight is 444 g/mol. The first-order valence-electron chi connectivity index (χ1n) is 8.20. The Morgan fingerprint density at radius 2 is 1.92 bits per heavy atom. The highest BCUT2D eigenvalue weighted by atomic mass is 127. The van der Waals surface area contributed by atoms with Crippen LogP contribution in [0.3, 0.4) is 0 Å². The monoisotopic (exact) mass is 444 g/mol. The van der Waals surface area contributed by atoms with Gasteiger partial charge in [-0.1, -0.05) is 12.1 Å². The molecule has 24 heavy (non-hydrogen) atoms. The minimum Gasteiger partial charge on any atom is -0.392 e. The van der Waals surface area contributed by atoms with E-state index in [1.165, 1.54) is 25.0 Å². The second-order valence-electron chi connectivity index (χ2n) is 6.65. The van der Waals surface area contributed by atoms with Crippen molar-refractivity contribution < 1.29 is 9.50 Å². The molecule has 4 rings (SSSR count). The number of hydrogen-bond acceptors (Lipinski definition) is 4. The zero-order chi connectivity index (χ0) is 16.0. The lowest BCUT2D eigenvalue weighted by molar-refractivity contribution is 0.170. The van der Waals surface area contributed by atoms with Crippen molar-refractivity contribution in [2.45, 2.75) is 50.9 Å². The lowest BCUT2D eigenvalue weighted by atomic mass is 10.0. The molecule has 0 radical (unpaired) electrons. The van der Waals surface area contributed by atoms with E-state index in [0.29, 0.717) is 25.6 Å². The van der Waals surface area contributed by atoms with E-state index < -0.39 is 0 Å². The van der Waals surface area contributed by atoms with Gasteiger partial charge in [-0.3, -0.25) is 4.90 Å². The summed E-state index contributed by atoms with van der Waals surface area (Å²) in [7, 11) is 0. The molecular weight excluding hydrogens is 422 g/mol. The number of aliphatic hydroxyl groups is 1. The fraction of sp³-hybridized carbons (Fsp3) is 0.529. The summed E-state index contributed by atoms with van der Waals surface area (Å²) < 4.78 is 15.4. The van der Waals surface area contributed by atoms with E-state index in [-0.39, 0.29) is 41.9 Å². The highest BCUT2D eigenvalue weighted by Crippen LogP contribution is 2.38. The molecule has 2 aliphatic rings. The summed E-state index contributed by atoms with van der Waals surface area (Å²) in [5.41, 5.74) is 1.04. The third kappa shape index (κ3) is 3.48. The minimum atomic E-state index is -0.358. The van der Waals surface area contributed by atoms with Crippen molar-refractivity contribution in [1.29, 1.82) is 0 Å². The molecule has 2 unspecified atom stereocenters. The lowest BCUT2D eigenvalue weighted by Crippen LogP contribution is -2.26. The fourth-order valence-electron chi connectivity index (χ4n) is 3.60. The Bertz CT molecular complexity index is 701. The average Bonchev–Trinajstić information content (AvgIpc) is 3.20. The van der Waals surface area contributed by atoms with Gasteiger partial charge in [0.05, 0.1) is 12.6 Å². The van der Waals surface area contributed by atoms with Crippen LogP contribution in [0.25, 0.3) is 0 Å². The molecule has 0 amide bonds. The lowest BCUT2D eigenvalue weighted by Gasteiger charge is -2.24. The van der Waals surface area contributed by atoms with E-state index in [0.717, 1.165) is 17.2 Å². The maximum atomic E-state index is 13.2. The Morgan fingerprint density at radius 3 is 2.58 bits per heavy atom. The van der Waals surface area contributed by atoms with Crippen LogP contribution in [-0.4, -0.2) is 37.4 Å². The van der Waals surface area contributed by atoms with E-state index in [9.17, 15) is 9.50 Å². The van der Waals surface area contributed by atoms with Gasteiger partial charge < -0.3 is 9.67 Å². The summed E-state index contributed by atoms with van der Waals surface area (Å²) in [6.45, 7) is 3.26. The molecule has 1 aliphatic heterocycles. The first-order valence-corrected chi connectivity index (χ1v) is 8.20. The number of benzene rings is 1. The van der Waals surface area contributed by atoms with Gasteiger partial charge in [0.15, 0.2) is 0 Å². The van der Waals surface area contributed by atoms with Crippen LogP contribution in [0, 0.1) is 12.7 Å². The third-order valence-electron chi connectivity index (χ3n) is 4.83. The molecule has 1 aromatic carbocycles. The zero-order valence-corrected chi connectivity index (χ0v) is 15.9. The number of aryl methyl sites for hydroxylation is 1. The predicted molar refractivity (Wildman–Crippen MR) is 98.6 cm³/mol. The number of nitrogens with zero attached hydrogens (tertiary/aromatic N) is 4. The molecule has 130 valence electrons. The Kier molecular flexibility index (Phi) is 5.22. The van der Waals surface area contributed by atoms with Crippen LogP contribution in [0.2, 0.25) is 0 Å². The molecule has 5 nitrogen and oxygen atoms in total. The molecule has 2 aromatic rings. The Hall–Kier alpha value is -1.06. The maximum Gasteiger partial charge on any atom is 0.147 e. The van der Waals surface area contributed by atoms with Gasteiger partial charge in [0.25, 0.3) is 0 Å². The van der Waals surface area contributed by atoms with Crippen molar-refractivity contribution in [3.8, 4) is 0 Å².